The van der Waals surface area contributed by atoms with Crippen LogP contribution < -0.4 is 0 Å². The summed E-state index contributed by atoms with van der Waals surface area (Å²) in [6, 6.07) is -0.547. The van der Waals surface area contributed by atoms with Crippen LogP contribution in [0.3, 0.4) is 0 Å². The van der Waals surface area contributed by atoms with Gasteiger partial charge < -0.3 is 10.2 Å². The van der Waals surface area contributed by atoms with Crippen LogP contribution in [0.4, 0.5) is 0 Å². The van der Waals surface area contributed by atoms with Crippen LogP contribution in [-0.4, -0.2) is 71.5 Å². The Morgan fingerprint density at radius 3 is 2.15 bits per heavy atom. The summed E-state index contributed by atoms with van der Waals surface area (Å²) in [5.41, 5.74) is 0. The number of allylic oxidation sites excluding steroid dienone is 2. The number of nitrogens with zero attached hydrogens (tertiary/aromatic N) is 1. The van der Waals surface area contributed by atoms with Crippen molar-refractivity contribution in [3.05, 3.63) is 24.3 Å². The van der Waals surface area contributed by atoms with Gasteiger partial charge in [-0.05, 0) is 6.08 Å². The zero-order valence-corrected chi connectivity index (χ0v) is 13.0. The lowest BCUT2D eigenvalue weighted by Gasteiger charge is -2.32. The average Bonchev–Trinajstić information content (AvgIpc) is 2.46. The summed E-state index contributed by atoms with van der Waals surface area (Å²) in [6.07, 6.45) is 4.87. The van der Waals surface area contributed by atoms with E-state index >= 15 is 0 Å². The van der Waals surface area contributed by atoms with Crippen molar-refractivity contribution in [2.45, 2.75) is 18.2 Å². The lowest BCUT2D eigenvalue weighted by molar-refractivity contribution is 0.0840. The van der Waals surface area contributed by atoms with Crippen LogP contribution in [0.5, 0.6) is 0 Å². The fraction of sp³-hybridized carbons (Fsp3) is 0.583. The Kier molecular flexibility index (Phi) is 7.79. The Balaban J connectivity index is 2.99. The van der Waals surface area contributed by atoms with Crippen molar-refractivity contribution < 1.29 is 18.6 Å². The summed E-state index contributed by atoms with van der Waals surface area (Å²) in [7, 11) is -2.38. The van der Waals surface area contributed by atoms with Crippen molar-refractivity contribution in [3.63, 3.8) is 0 Å². The van der Waals surface area contributed by atoms with Crippen LogP contribution in [-0.2, 0) is 10.3 Å². The first kappa shape index (κ1) is 17.7. The van der Waals surface area contributed by atoms with Gasteiger partial charge in [0.05, 0.1) is 23.1 Å². The molecule has 0 heterocycles. The highest BCUT2D eigenvalue weighted by atomic mass is 35.5. The van der Waals surface area contributed by atoms with Gasteiger partial charge in [-0.2, -0.15) is 8.42 Å². The number of aliphatic hydroxyl groups is 2. The van der Waals surface area contributed by atoms with E-state index in [4.69, 9.17) is 23.2 Å². The molecule has 0 radical (unpaired) electrons. The van der Waals surface area contributed by atoms with Crippen LogP contribution in [0.25, 0.3) is 0 Å². The highest BCUT2D eigenvalue weighted by Crippen LogP contribution is 2.12. The van der Waals surface area contributed by atoms with E-state index in [9.17, 15) is 18.6 Å². The zero-order valence-electron chi connectivity index (χ0n) is 10.7. The van der Waals surface area contributed by atoms with E-state index in [0.717, 1.165) is 0 Å². The number of hydrogen-bond donors (Lipinski definition) is 2. The molecule has 3 atom stereocenters. The zero-order chi connectivity index (χ0) is 15.1. The maximum absolute atomic E-state index is 11.3. The molecule has 0 aliphatic heterocycles. The predicted octanol–water partition coefficient (Wildman–Crippen LogP) is 0.0339. The Bertz CT molecular complexity index is 484. The monoisotopic (exact) mass is 341 g/mol. The van der Waals surface area contributed by atoms with E-state index in [1.165, 1.54) is 6.08 Å². The molecule has 0 bridgehead atoms. The minimum Gasteiger partial charge on any atom is -0.391 e. The summed E-state index contributed by atoms with van der Waals surface area (Å²) < 4.78 is 22.5. The molecule has 3 unspecified atom stereocenters. The second-order valence-corrected chi connectivity index (χ2v) is 5.95. The normalized spacial score (nSPS) is 21.2. The third-order valence-electron chi connectivity index (χ3n) is 2.79. The van der Waals surface area contributed by atoms with Crippen LogP contribution in [0.2, 0.25) is 0 Å². The summed E-state index contributed by atoms with van der Waals surface area (Å²) in [4.78, 5) is 1.82. The number of alkyl halides is 2. The molecule has 2 N–H and O–H groups in total. The summed E-state index contributed by atoms with van der Waals surface area (Å²) in [5.74, 6) is 0.0467. The molecule has 0 aromatic heterocycles. The van der Waals surface area contributed by atoms with Crippen LogP contribution in [0.15, 0.2) is 24.3 Å². The van der Waals surface area contributed by atoms with E-state index in [1.807, 2.05) is 0 Å². The van der Waals surface area contributed by atoms with E-state index < -0.39 is 28.5 Å². The number of hydrogen-bond acceptors (Lipinski definition) is 5. The first-order chi connectivity index (χ1) is 9.49. The van der Waals surface area contributed by atoms with Gasteiger partial charge in [-0.25, -0.2) is 0 Å². The predicted molar refractivity (Wildman–Crippen MR) is 81.0 cm³/mol. The molecule has 1 aliphatic rings. The summed E-state index contributed by atoms with van der Waals surface area (Å²) >= 11 is 11.2. The smallest absolute Gasteiger partial charge is 0.219 e. The first-order valence-corrected chi connectivity index (χ1v) is 8.17. The van der Waals surface area contributed by atoms with Gasteiger partial charge in [-0.15, -0.1) is 23.2 Å². The van der Waals surface area contributed by atoms with Crippen LogP contribution >= 0.6 is 23.2 Å². The molecule has 1 rings (SSSR count). The third kappa shape index (κ3) is 5.20. The Labute approximate surface area is 129 Å². The molecule has 8 heteroatoms. The molecular weight excluding hydrogens is 325 g/mol. The van der Waals surface area contributed by atoms with E-state index in [-0.39, 0.29) is 29.7 Å². The highest BCUT2D eigenvalue weighted by Gasteiger charge is 2.26. The molecular formula is C12H17Cl2NO4S. The van der Waals surface area contributed by atoms with E-state index in [0.29, 0.717) is 0 Å². The van der Waals surface area contributed by atoms with Crippen LogP contribution in [0, 0.1) is 0 Å². The largest absolute Gasteiger partial charge is 0.391 e. The molecule has 0 fully saturated rings. The molecule has 0 saturated carbocycles. The van der Waals surface area contributed by atoms with Gasteiger partial charge in [-0.1, -0.05) is 18.2 Å². The minimum absolute atomic E-state index is 0.0234. The van der Waals surface area contributed by atoms with Gasteiger partial charge in [-0.3, -0.25) is 4.90 Å². The number of halogens is 2. The number of aliphatic hydroxyl groups excluding tert-OH is 2. The van der Waals surface area contributed by atoms with Gasteiger partial charge in [0.25, 0.3) is 0 Å². The molecule has 0 amide bonds. The van der Waals surface area contributed by atoms with Gasteiger partial charge in [0.2, 0.25) is 10.3 Å². The first-order valence-electron chi connectivity index (χ1n) is 6.02. The van der Waals surface area contributed by atoms with Crippen molar-refractivity contribution in [2.75, 3.05) is 24.8 Å². The topological polar surface area (TPSA) is 77.8 Å². The number of rotatable bonds is 7. The fourth-order valence-corrected chi connectivity index (χ4v) is 2.72. The van der Waals surface area contributed by atoms with Gasteiger partial charge in [0.1, 0.15) is 0 Å². The van der Waals surface area contributed by atoms with Crippen molar-refractivity contribution in [3.8, 4) is 0 Å². The Morgan fingerprint density at radius 2 is 1.70 bits per heavy atom. The second kappa shape index (κ2) is 8.81. The highest BCUT2D eigenvalue weighted by molar-refractivity contribution is 7.73. The fourth-order valence-electron chi connectivity index (χ4n) is 1.91. The minimum atomic E-state index is -2.38. The Morgan fingerprint density at radius 1 is 1.15 bits per heavy atom. The van der Waals surface area contributed by atoms with Gasteiger partial charge >= 0.3 is 0 Å². The average molecular weight is 342 g/mol. The molecule has 0 aromatic carbocycles. The molecule has 0 aromatic rings. The van der Waals surface area contributed by atoms with Gasteiger partial charge in [0.15, 0.2) is 0 Å². The quantitative estimate of drug-likeness (QED) is 0.504. The van der Waals surface area contributed by atoms with Gasteiger partial charge in [0, 0.05) is 24.8 Å². The van der Waals surface area contributed by atoms with Crippen molar-refractivity contribution >= 4 is 38.4 Å². The van der Waals surface area contributed by atoms with Crippen molar-refractivity contribution in [1.82, 2.24) is 4.90 Å². The molecule has 0 spiro atoms. The maximum Gasteiger partial charge on any atom is 0.219 e. The van der Waals surface area contributed by atoms with Crippen molar-refractivity contribution in [2.24, 2.45) is 0 Å². The maximum atomic E-state index is 11.3. The summed E-state index contributed by atoms with van der Waals surface area (Å²) in [5, 5.41) is 19.4. The standard InChI is InChI=1S/C12H17Cl2NO4S/c13-5-9(16)7-15(8-10(17)6-14)11-3-1-2-4-12(11)20(18)19/h1-4,9-11,16-17H,5-8H2. The lowest BCUT2D eigenvalue weighted by Crippen LogP contribution is -2.48. The molecule has 0 saturated heterocycles. The third-order valence-corrected chi connectivity index (χ3v) is 4.26. The van der Waals surface area contributed by atoms with E-state index in [1.54, 1.807) is 23.1 Å². The summed E-state index contributed by atoms with van der Waals surface area (Å²) in [6.45, 7) is 0.280. The Hall–Kier alpha value is -0.370. The molecule has 20 heavy (non-hydrogen) atoms. The SMILES string of the molecule is O=S(=O)=C1C=CC=CC1N(CC(O)CCl)CC(O)CCl. The van der Waals surface area contributed by atoms with Crippen LogP contribution in [0.1, 0.15) is 0 Å². The molecule has 114 valence electrons. The van der Waals surface area contributed by atoms with E-state index in [2.05, 4.69) is 0 Å². The molecule has 1 aliphatic carbocycles. The van der Waals surface area contributed by atoms with Crippen molar-refractivity contribution in [1.29, 1.82) is 0 Å². The molecule has 5 nitrogen and oxygen atoms in total. The second-order valence-electron chi connectivity index (χ2n) is 4.40. The lowest BCUT2D eigenvalue weighted by atomic mass is 10.1.